The maximum Gasteiger partial charge on any atom is 0.307 e. The normalized spacial score (nSPS) is 15.1. The highest BCUT2D eigenvalue weighted by Crippen LogP contribution is 2.02. The molecule has 0 saturated carbocycles. The molecule has 4 heteroatoms. The molecule has 0 aliphatic rings. The second-order valence-corrected chi connectivity index (χ2v) is 3.65. The molecule has 0 fully saturated rings. The Morgan fingerprint density at radius 2 is 1.93 bits per heavy atom. The minimum Gasteiger partial charge on any atom is -0.481 e. The molecule has 4 nitrogen and oxygen atoms in total. The van der Waals surface area contributed by atoms with Crippen LogP contribution in [0.5, 0.6) is 0 Å². The van der Waals surface area contributed by atoms with Crippen LogP contribution in [0.2, 0.25) is 0 Å². The zero-order chi connectivity index (χ0) is 11.0. The molecular formula is C10H21NO3. The van der Waals surface area contributed by atoms with Crippen molar-refractivity contribution in [2.75, 3.05) is 13.2 Å². The van der Waals surface area contributed by atoms with Gasteiger partial charge in [-0.3, -0.25) is 4.79 Å². The average molecular weight is 203 g/mol. The smallest absolute Gasteiger partial charge is 0.307 e. The molecule has 0 aromatic heterocycles. The van der Waals surface area contributed by atoms with E-state index >= 15 is 0 Å². The maximum absolute atomic E-state index is 10.6. The van der Waals surface area contributed by atoms with E-state index in [4.69, 9.17) is 10.2 Å². The summed E-state index contributed by atoms with van der Waals surface area (Å²) in [6.45, 7) is 4.64. The largest absolute Gasteiger partial charge is 0.481 e. The Bertz CT molecular complexity index is 161. The molecular weight excluding hydrogens is 182 g/mol. The standard InChI is InChI=1S/C10H21NO3/c1-8(10(13)14)9(2)11-6-4-3-5-7-12/h8-9,11-12H,3-7H2,1-2H3,(H,13,14). The summed E-state index contributed by atoms with van der Waals surface area (Å²) in [5.74, 6) is -1.12. The SMILES string of the molecule is CC(NCCCCCO)C(C)C(=O)O. The third kappa shape index (κ3) is 5.94. The van der Waals surface area contributed by atoms with E-state index in [0.717, 1.165) is 25.8 Å². The zero-order valence-corrected chi connectivity index (χ0v) is 8.99. The molecule has 0 bridgehead atoms. The van der Waals surface area contributed by atoms with Gasteiger partial charge in [0, 0.05) is 12.6 Å². The topological polar surface area (TPSA) is 69.6 Å². The van der Waals surface area contributed by atoms with Gasteiger partial charge in [0.05, 0.1) is 5.92 Å². The molecule has 0 spiro atoms. The zero-order valence-electron chi connectivity index (χ0n) is 8.99. The quantitative estimate of drug-likeness (QED) is 0.511. The van der Waals surface area contributed by atoms with Crippen molar-refractivity contribution in [1.82, 2.24) is 5.32 Å². The lowest BCUT2D eigenvalue weighted by Gasteiger charge is -2.17. The van der Waals surface area contributed by atoms with Crippen molar-refractivity contribution >= 4 is 5.97 Å². The summed E-state index contributed by atoms with van der Waals surface area (Å²) in [7, 11) is 0. The van der Waals surface area contributed by atoms with Crippen LogP contribution in [-0.4, -0.2) is 35.4 Å². The lowest BCUT2D eigenvalue weighted by atomic mass is 10.0. The molecule has 0 radical (unpaired) electrons. The van der Waals surface area contributed by atoms with Crippen molar-refractivity contribution in [3.63, 3.8) is 0 Å². The van der Waals surface area contributed by atoms with Gasteiger partial charge < -0.3 is 15.5 Å². The first-order valence-corrected chi connectivity index (χ1v) is 5.16. The van der Waals surface area contributed by atoms with Gasteiger partial charge in [-0.25, -0.2) is 0 Å². The fourth-order valence-electron chi connectivity index (χ4n) is 1.13. The van der Waals surface area contributed by atoms with Crippen molar-refractivity contribution in [3.05, 3.63) is 0 Å². The van der Waals surface area contributed by atoms with Gasteiger partial charge in [-0.1, -0.05) is 6.92 Å². The van der Waals surface area contributed by atoms with E-state index in [-0.39, 0.29) is 18.6 Å². The Morgan fingerprint density at radius 1 is 1.29 bits per heavy atom. The number of hydrogen-bond acceptors (Lipinski definition) is 3. The second-order valence-electron chi connectivity index (χ2n) is 3.65. The van der Waals surface area contributed by atoms with Crippen molar-refractivity contribution in [3.8, 4) is 0 Å². The third-order valence-electron chi connectivity index (χ3n) is 2.44. The van der Waals surface area contributed by atoms with Gasteiger partial charge in [0.25, 0.3) is 0 Å². The van der Waals surface area contributed by atoms with Crippen molar-refractivity contribution in [2.45, 2.75) is 39.2 Å². The number of carboxylic acid groups (broad SMARTS) is 1. The summed E-state index contributed by atoms with van der Waals surface area (Å²) in [6.07, 6.45) is 2.79. The first-order valence-electron chi connectivity index (χ1n) is 5.16. The van der Waals surface area contributed by atoms with Crippen LogP contribution >= 0.6 is 0 Å². The lowest BCUT2D eigenvalue weighted by molar-refractivity contribution is -0.141. The highest BCUT2D eigenvalue weighted by Gasteiger charge is 2.17. The summed E-state index contributed by atoms with van der Waals surface area (Å²) >= 11 is 0. The first-order chi connectivity index (χ1) is 6.59. The van der Waals surface area contributed by atoms with Gasteiger partial charge in [0.1, 0.15) is 0 Å². The van der Waals surface area contributed by atoms with Crippen LogP contribution in [0.15, 0.2) is 0 Å². The first kappa shape index (κ1) is 13.4. The Balaban J connectivity index is 3.43. The Morgan fingerprint density at radius 3 is 2.43 bits per heavy atom. The predicted octanol–water partition coefficient (Wildman–Crippen LogP) is 0.848. The van der Waals surface area contributed by atoms with E-state index in [0.29, 0.717) is 0 Å². The van der Waals surface area contributed by atoms with Crippen molar-refractivity contribution in [1.29, 1.82) is 0 Å². The molecule has 0 heterocycles. The van der Waals surface area contributed by atoms with Gasteiger partial charge in [0.15, 0.2) is 0 Å². The molecule has 0 rings (SSSR count). The van der Waals surface area contributed by atoms with Crippen LogP contribution in [0.3, 0.4) is 0 Å². The number of rotatable bonds is 8. The van der Waals surface area contributed by atoms with Crippen LogP contribution in [0, 0.1) is 5.92 Å². The Labute approximate surface area is 85.3 Å². The van der Waals surface area contributed by atoms with Gasteiger partial charge in [-0.15, -0.1) is 0 Å². The molecule has 3 N–H and O–H groups in total. The summed E-state index contributed by atoms with van der Waals surface area (Å²) in [4.78, 5) is 10.6. The molecule has 84 valence electrons. The van der Waals surface area contributed by atoms with E-state index in [2.05, 4.69) is 5.32 Å². The molecule has 0 aromatic carbocycles. The predicted molar refractivity (Wildman–Crippen MR) is 55.2 cm³/mol. The van der Waals surface area contributed by atoms with Gasteiger partial charge >= 0.3 is 5.97 Å². The van der Waals surface area contributed by atoms with Crippen molar-refractivity contribution in [2.24, 2.45) is 5.92 Å². The Hall–Kier alpha value is -0.610. The van der Waals surface area contributed by atoms with E-state index < -0.39 is 5.97 Å². The summed E-state index contributed by atoms with van der Waals surface area (Å²) in [6, 6.07) is 0.00151. The lowest BCUT2D eigenvalue weighted by Crippen LogP contribution is -2.36. The number of aliphatic hydroxyl groups excluding tert-OH is 1. The summed E-state index contributed by atoms with van der Waals surface area (Å²) < 4.78 is 0. The second kappa shape index (κ2) is 7.76. The van der Waals surface area contributed by atoms with Crippen LogP contribution < -0.4 is 5.32 Å². The van der Waals surface area contributed by atoms with Crippen molar-refractivity contribution < 1.29 is 15.0 Å². The number of unbranched alkanes of at least 4 members (excludes halogenated alkanes) is 2. The highest BCUT2D eigenvalue weighted by molar-refractivity contribution is 5.70. The molecule has 0 amide bonds. The number of aliphatic hydroxyl groups is 1. The maximum atomic E-state index is 10.6. The van der Waals surface area contributed by atoms with Crippen LogP contribution in [0.1, 0.15) is 33.1 Å². The van der Waals surface area contributed by atoms with E-state index in [1.165, 1.54) is 0 Å². The van der Waals surface area contributed by atoms with Crippen LogP contribution in [-0.2, 0) is 4.79 Å². The molecule has 14 heavy (non-hydrogen) atoms. The van der Waals surface area contributed by atoms with E-state index in [1.807, 2.05) is 6.92 Å². The molecule has 0 aliphatic heterocycles. The molecule has 0 saturated heterocycles. The molecule has 0 aliphatic carbocycles. The average Bonchev–Trinajstić information content (AvgIpc) is 2.16. The molecule has 0 aromatic rings. The van der Waals surface area contributed by atoms with E-state index in [9.17, 15) is 4.79 Å². The molecule has 2 atom stereocenters. The minimum absolute atomic E-state index is 0.00151. The third-order valence-corrected chi connectivity index (χ3v) is 2.44. The highest BCUT2D eigenvalue weighted by atomic mass is 16.4. The van der Waals surface area contributed by atoms with Gasteiger partial charge in [0.2, 0.25) is 0 Å². The molecule has 2 unspecified atom stereocenters. The van der Waals surface area contributed by atoms with E-state index in [1.54, 1.807) is 6.92 Å². The number of aliphatic carboxylic acids is 1. The van der Waals surface area contributed by atoms with Crippen LogP contribution in [0.25, 0.3) is 0 Å². The minimum atomic E-state index is -0.764. The fourth-order valence-corrected chi connectivity index (χ4v) is 1.13. The van der Waals surface area contributed by atoms with Gasteiger partial charge in [-0.05, 0) is 32.7 Å². The number of carboxylic acids is 1. The fraction of sp³-hybridized carbons (Fsp3) is 0.900. The van der Waals surface area contributed by atoms with Crippen LogP contribution in [0.4, 0.5) is 0 Å². The summed E-state index contributed by atoms with van der Waals surface area (Å²) in [5.41, 5.74) is 0. The number of hydrogen-bond donors (Lipinski definition) is 3. The number of nitrogens with one attached hydrogen (secondary N) is 1. The monoisotopic (exact) mass is 203 g/mol. The number of carbonyl (C=O) groups is 1. The van der Waals surface area contributed by atoms with Gasteiger partial charge in [-0.2, -0.15) is 0 Å². The summed E-state index contributed by atoms with van der Waals surface area (Å²) in [5, 5.41) is 20.4. The Kier molecular flexibility index (Phi) is 7.42.